The molecule has 0 unspecified atom stereocenters. The van der Waals surface area contributed by atoms with Crippen molar-refractivity contribution in [2.45, 2.75) is 25.4 Å². The Kier molecular flexibility index (Phi) is 5.11. The molecule has 0 bridgehead atoms. The molecule has 1 aliphatic carbocycles. The number of rotatable bonds is 6. The molecule has 0 saturated heterocycles. The van der Waals surface area contributed by atoms with Crippen LogP contribution in [0.15, 0.2) is 61.2 Å². The van der Waals surface area contributed by atoms with Gasteiger partial charge in [-0.2, -0.15) is 5.10 Å². The highest BCUT2D eigenvalue weighted by atomic mass is 16.3. The third-order valence-corrected chi connectivity index (χ3v) is 6.29. The van der Waals surface area contributed by atoms with E-state index in [0.29, 0.717) is 34.2 Å². The summed E-state index contributed by atoms with van der Waals surface area (Å²) in [6.07, 6.45) is 9.23. The third-order valence-electron chi connectivity index (χ3n) is 6.29. The number of pyridine rings is 2. The van der Waals surface area contributed by atoms with Crippen LogP contribution in [0.3, 0.4) is 0 Å². The highest BCUT2D eigenvalue weighted by Gasteiger charge is 2.25. The maximum atomic E-state index is 12.9. The van der Waals surface area contributed by atoms with E-state index in [1.807, 2.05) is 37.5 Å². The molecule has 4 aromatic heterocycles. The van der Waals surface area contributed by atoms with Crippen molar-refractivity contribution < 1.29 is 9.90 Å². The standard InChI is InChI=1S/C26H23N7O2/c1-33-13-17(12-29-33)24-31-23-19(9-10-27-25(23)32-24)18-3-2-4-22(20(18)14-34)30-26(35)16-7-8-21(28-11-16)15-5-6-15/h2-4,7-13,15,34H,5-6,14H2,1H3,(H,30,35)(H,27,31,32). The van der Waals surface area contributed by atoms with E-state index in [1.54, 1.807) is 35.4 Å². The maximum absolute atomic E-state index is 12.9. The van der Waals surface area contributed by atoms with Crippen LogP contribution in [0.25, 0.3) is 33.7 Å². The van der Waals surface area contributed by atoms with Crippen LogP contribution >= 0.6 is 0 Å². The summed E-state index contributed by atoms with van der Waals surface area (Å²) in [4.78, 5) is 29.7. The molecule has 4 heterocycles. The number of carbonyl (C=O) groups is 1. The summed E-state index contributed by atoms with van der Waals surface area (Å²) in [5.74, 6) is 0.917. The average Bonchev–Trinajstić information content (AvgIpc) is 3.49. The van der Waals surface area contributed by atoms with Crippen molar-refractivity contribution in [1.29, 1.82) is 0 Å². The van der Waals surface area contributed by atoms with Crippen molar-refractivity contribution in [3.8, 4) is 22.5 Å². The fourth-order valence-corrected chi connectivity index (χ4v) is 4.30. The van der Waals surface area contributed by atoms with Gasteiger partial charge >= 0.3 is 0 Å². The predicted octanol–water partition coefficient (Wildman–Crippen LogP) is 4.04. The second-order valence-electron chi connectivity index (χ2n) is 8.74. The number of fused-ring (bicyclic) bond motifs is 1. The number of imidazole rings is 1. The first-order chi connectivity index (χ1) is 17.1. The number of carbonyl (C=O) groups excluding carboxylic acids is 1. The van der Waals surface area contributed by atoms with E-state index in [1.165, 1.54) is 0 Å². The number of aliphatic hydroxyl groups excluding tert-OH is 1. The lowest BCUT2D eigenvalue weighted by Gasteiger charge is -2.15. The van der Waals surface area contributed by atoms with Crippen LogP contribution in [0.1, 0.15) is 40.4 Å². The normalized spacial score (nSPS) is 13.3. The summed E-state index contributed by atoms with van der Waals surface area (Å²) in [7, 11) is 1.85. The monoisotopic (exact) mass is 465 g/mol. The Labute approximate surface area is 200 Å². The van der Waals surface area contributed by atoms with Gasteiger partial charge in [0.1, 0.15) is 5.82 Å². The van der Waals surface area contributed by atoms with E-state index in [0.717, 1.165) is 40.7 Å². The molecule has 1 fully saturated rings. The summed E-state index contributed by atoms with van der Waals surface area (Å²) in [5, 5.41) is 17.4. The Morgan fingerprint density at radius 2 is 2.03 bits per heavy atom. The molecule has 35 heavy (non-hydrogen) atoms. The minimum Gasteiger partial charge on any atom is -0.392 e. The van der Waals surface area contributed by atoms with E-state index >= 15 is 0 Å². The fourth-order valence-electron chi connectivity index (χ4n) is 4.30. The number of hydrogen-bond acceptors (Lipinski definition) is 6. The number of amides is 1. The molecule has 0 spiro atoms. The van der Waals surface area contributed by atoms with Gasteiger partial charge in [0.25, 0.3) is 5.91 Å². The molecule has 0 atom stereocenters. The molecule has 3 N–H and O–H groups in total. The fraction of sp³-hybridized carbons (Fsp3) is 0.192. The highest BCUT2D eigenvalue weighted by molar-refractivity contribution is 6.05. The van der Waals surface area contributed by atoms with E-state index in [4.69, 9.17) is 0 Å². The van der Waals surface area contributed by atoms with Crippen LogP contribution in [0.2, 0.25) is 0 Å². The summed E-state index contributed by atoms with van der Waals surface area (Å²) in [6.45, 7) is -0.252. The summed E-state index contributed by atoms with van der Waals surface area (Å²) in [6, 6.07) is 11.1. The minimum atomic E-state index is -0.271. The van der Waals surface area contributed by atoms with E-state index in [-0.39, 0.29) is 12.5 Å². The van der Waals surface area contributed by atoms with Gasteiger partial charge in [-0.15, -0.1) is 0 Å². The van der Waals surface area contributed by atoms with Crippen molar-refractivity contribution >= 4 is 22.8 Å². The number of H-pyrrole nitrogens is 1. The Bertz CT molecular complexity index is 1550. The molecule has 0 aliphatic heterocycles. The van der Waals surface area contributed by atoms with Crippen molar-refractivity contribution in [3.63, 3.8) is 0 Å². The zero-order valence-corrected chi connectivity index (χ0v) is 19.1. The van der Waals surface area contributed by atoms with Crippen LogP contribution in [-0.2, 0) is 13.7 Å². The number of aryl methyl sites for hydroxylation is 1. The smallest absolute Gasteiger partial charge is 0.257 e. The van der Waals surface area contributed by atoms with E-state index in [2.05, 4.69) is 30.4 Å². The molecule has 9 heteroatoms. The largest absolute Gasteiger partial charge is 0.392 e. The quantitative estimate of drug-likeness (QED) is 0.348. The molecule has 5 aromatic rings. The number of aromatic amines is 1. The number of aliphatic hydroxyl groups is 1. The first-order valence-electron chi connectivity index (χ1n) is 11.4. The Hall–Kier alpha value is -4.37. The summed E-state index contributed by atoms with van der Waals surface area (Å²) in [5.41, 5.74) is 6.41. The summed E-state index contributed by atoms with van der Waals surface area (Å²) >= 11 is 0. The molecule has 9 nitrogen and oxygen atoms in total. The van der Waals surface area contributed by atoms with E-state index in [9.17, 15) is 9.90 Å². The predicted molar refractivity (Wildman–Crippen MR) is 132 cm³/mol. The van der Waals surface area contributed by atoms with Gasteiger partial charge in [-0.3, -0.25) is 14.5 Å². The molecular weight excluding hydrogens is 442 g/mol. The zero-order valence-electron chi connectivity index (χ0n) is 19.1. The Morgan fingerprint density at radius 1 is 1.14 bits per heavy atom. The molecule has 6 rings (SSSR count). The van der Waals surface area contributed by atoms with Crippen molar-refractivity contribution in [1.82, 2.24) is 29.7 Å². The second-order valence-corrected chi connectivity index (χ2v) is 8.74. The van der Waals surface area contributed by atoms with Gasteiger partial charge in [0.2, 0.25) is 0 Å². The van der Waals surface area contributed by atoms with Gasteiger partial charge in [0, 0.05) is 54.1 Å². The van der Waals surface area contributed by atoms with Gasteiger partial charge in [-0.05, 0) is 42.7 Å². The molecule has 1 aliphatic rings. The van der Waals surface area contributed by atoms with Gasteiger partial charge in [-0.25, -0.2) is 9.97 Å². The Morgan fingerprint density at radius 3 is 2.74 bits per heavy atom. The lowest BCUT2D eigenvalue weighted by atomic mass is 9.98. The van der Waals surface area contributed by atoms with Gasteiger partial charge < -0.3 is 15.4 Å². The third kappa shape index (κ3) is 3.95. The molecular formula is C26H23N7O2. The van der Waals surface area contributed by atoms with Gasteiger partial charge in [-0.1, -0.05) is 12.1 Å². The number of aromatic nitrogens is 6. The first-order valence-corrected chi connectivity index (χ1v) is 11.4. The molecule has 1 aromatic carbocycles. The molecule has 174 valence electrons. The second kappa shape index (κ2) is 8.44. The number of anilines is 1. The number of nitrogens with one attached hydrogen (secondary N) is 2. The number of hydrogen-bond donors (Lipinski definition) is 3. The van der Waals surface area contributed by atoms with Crippen LogP contribution in [-0.4, -0.2) is 40.7 Å². The van der Waals surface area contributed by atoms with E-state index < -0.39 is 0 Å². The molecule has 0 radical (unpaired) electrons. The van der Waals surface area contributed by atoms with Crippen LogP contribution in [0, 0.1) is 0 Å². The minimum absolute atomic E-state index is 0.252. The lowest BCUT2D eigenvalue weighted by Crippen LogP contribution is -2.14. The average molecular weight is 466 g/mol. The van der Waals surface area contributed by atoms with Crippen molar-refractivity contribution in [2.24, 2.45) is 7.05 Å². The lowest BCUT2D eigenvalue weighted by molar-refractivity contribution is 0.102. The highest BCUT2D eigenvalue weighted by Crippen LogP contribution is 2.39. The van der Waals surface area contributed by atoms with Crippen molar-refractivity contribution in [3.05, 3.63) is 78.0 Å². The van der Waals surface area contributed by atoms with Crippen LogP contribution in [0.4, 0.5) is 5.69 Å². The molecule has 1 saturated carbocycles. The number of benzene rings is 1. The molecule has 1 amide bonds. The SMILES string of the molecule is Cn1cc(-c2nc3nccc(-c4cccc(NC(=O)c5ccc(C6CC6)nc5)c4CO)c3[nH]2)cn1. The maximum Gasteiger partial charge on any atom is 0.257 e. The van der Waals surface area contributed by atoms with Crippen LogP contribution in [0.5, 0.6) is 0 Å². The Balaban J connectivity index is 1.35. The first kappa shape index (κ1) is 21.2. The van der Waals surface area contributed by atoms with Crippen molar-refractivity contribution in [2.75, 3.05) is 5.32 Å². The summed E-state index contributed by atoms with van der Waals surface area (Å²) < 4.78 is 1.71. The number of nitrogens with zero attached hydrogens (tertiary/aromatic N) is 5. The van der Waals surface area contributed by atoms with Gasteiger partial charge in [0.15, 0.2) is 5.65 Å². The topological polar surface area (TPSA) is 122 Å². The van der Waals surface area contributed by atoms with Gasteiger partial charge in [0.05, 0.1) is 29.4 Å². The van der Waals surface area contributed by atoms with Crippen LogP contribution < -0.4 is 5.32 Å². The zero-order chi connectivity index (χ0) is 23.9.